The molecule has 8 heteroatoms. The molecule has 8 nitrogen and oxygen atoms in total. The van der Waals surface area contributed by atoms with Gasteiger partial charge < -0.3 is 15.0 Å². The summed E-state index contributed by atoms with van der Waals surface area (Å²) in [5, 5.41) is 5.85. The molecule has 0 aliphatic carbocycles. The molecule has 3 aromatic carbocycles. The molecule has 2 N–H and O–H groups in total. The van der Waals surface area contributed by atoms with Crippen molar-refractivity contribution < 1.29 is 14.3 Å². The average molecular weight is 562 g/mol. The highest BCUT2D eigenvalue weighted by molar-refractivity contribution is 5.99. The van der Waals surface area contributed by atoms with Gasteiger partial charge in [-0.2, -0.15) is 0 Å². The number of carbonyl (C=O) groups excluding carboxylic acids is 2. The van der Waals surface area contributed by atoms with Crippen LogP contribution < -0.4 is 10.6 Å². The normalized spacial score (nSPS) is 22.2. The van der Waals surface area contributed by atoms with E-state index in [0.717, 1.165) is 43.6 Å². The van der Waals surface area contributed by atoms with Crippen LogP contribution in [0.15, 0.2) is 103 Å². The highest BCUT2D eigenvalue weighted by Crippen LogP contribution is 2.43. The molecule has 2 fully saturated rings. The molecule has 0 bridgehead atoms. The first kappa shape index (κ1) is 27.6. The summed E-state index contributed by atoms with van der Waals surface area (Å²) in [5.74, 6) is 0.878. The van der Waals surface area contributed by atoms with E-state index in [1.54, 1.807) is 11.1 Å². The van der Waals surface area contributed by atoms with Crippen molar-refractivity contribution in [1.29, 1.82) is 0 Å². The third-order valence-corrected chi connectivity index (χ3v) is 8.20. The monoisotopic (exact) mass is 561 g/mol. The van der Waals surface area contributed by atoms with Gasteiger partial charge in [-0.3, -0.25) is 15.0 Å². The summed E-state index contributed by atoms with van der Waals surface area (Å²) in [4.78, 5) is 33.8. The van der Waals surface area contributed by atoms with Crippen LogP contribution in [0.1, 0.15) is 53.8 Å². The number of anilines is 2. The van der Waals surface area contributed by atoms with Crippen molar-refractivity contribution in [2.24, 2.45) is 0 Å². The third kappa shape index (κ3) is 6.05. The number of urea groups is 1. The lowest BCUT2D eigenvalue weighted by Crippen LogP contribution is -2.30. The predicted octanol–water partition coefficient (Wildman–Crippen LogP) is 6.33. The number of hydrogen-bond donors (Lipinski definition) is 2. The number of rotatable bonds is 8. The molecule has 2 saturated heterocycles. The first-order chi connectivity index (χ1) is 20.6. The molecule has 3 amide bonds. The number of amides is 3. The van der Waals surface area contributed by atoms with Crippen molar-refractivity contribution in [3.63, 3.8) is 0 Å². The van der Waals surface area contributed by atoms with Gasteiger partial charge in [-0.25, -0.2) is 9.78 Å². The first-order valence-corrected chi connectivity index (χ1v) is 14.4. The summed E-state index contributed by atoms with van der Waals surface area (Å²) in [6, 6.07) is 31.2. The first-order valence-electron chi connectivity index (χ1n) is 14.4. The van der Waals surface area contributed by atoms with Crippen LogP contribution in [0.5, 0.6) is 0 Å². The summed E-state index contributed by atoms with van der Waals surface area (Å²) < 4.78 is 6.42. The van der Waals surface area contributed by atoms with Crippen molar-refractivity contribution in [2.45, 2.75) is 44.2 Å². The minimum absolute atomic E-state index is 0.178. The van der Waals surface area contributed by atoms with E-state index in [0.29, 0.717) is 23.0 Å². The number of hydrogen-bond acceptors (Lipinski definition) is 5. The molecule has 6 rings (SSSR count). The third-order valence-electron chi connectivity index (χ3n) is 8.20. The fourth-order valence-electron chi connectivity index (χ4n) is 6.03. The van der Waals surface area contributed by atoms with E-state index >= 15 is 0 Å². The van der Waals surface area contributed by atoms with E-state index in [9.17, 15) is 9.59 Å². The van der Waals surface area contributed by atoms with Gasteiger partial charge in [0.2, 0.25) is 6.41 Å². The molecule has 0 spiro atoms. The molecular formula is C34H35N5O3. The van der Waals surface area contributed by atoms with Crippen LogP contribution in [-0.4, -0.2) is 46.4 Å². The number of likely N-dealkylation sites (tertiary alicyclic amines) is 1. The van der Waals surface area contributed by atoms with Gasteiger partial charge in [0.1, 0.15) is 11.9 Å². The molecule has 1 aromatic heterocycles. The Labute approximate surface area is 246 Å². The maximum Gasteiger partial charge on any atom is 0.324 e. The SMILES string of the molecule is C[C@H]1[C@@H](c2ccccc2)OC(c2ccccc2NC(=O)Nc2cc(C3CCN(Cc4ccccc4)C3)ccn2)N1C=O. The molecule has 2 aliphatic rings. The standard InChI is InChI=1S/C34H35N5O3/c1-24-32(26-12-6-3-7-13-26)42-33(39(24)23-40)29-14-8-9-15-30(29)36-34(41)37-31-20-27(16-18-35-31)28-17-19-38(22-28)21-25-10-4-2-5-11-25/h2-16,18,20,23-24,28,32-33H,17,19,21-22H2,1H3,(H2,35,36,37,41)/t24-,28?,32-,33?/m0/s1. The van der Waals surface area contributed by atoms with E-state index < -0.39 is 12.3 Å². The molecule has 4 atom stereocenters. The van der Waals surface area contributed by atoms with Crippen LogP contribution in [-0.2, 0) is 16.1 Å². The summed E-state index contributed by atoms with van der Waals surface area (Å²) in [6.45, 7) is 4.91. The van der Waals surface area contributed by atoms with Crippen LogP contribution in [0.25, 0.3) is 0 Å². The fourth-order valence-corrected chi connectivity index (χ4v) is 6.03. The number of benzene rings is 3. The Bertz CT molecular complexity index is 1520. The molecule has 0 radical (unpaired) electrons. The van der Waals surface area contributed by atoms with Crippen molar-refractivity contribution in [3.05, 3.63) is 126 Å². The lowest BCUT2D eigenvalue weighted by Gasteiger charge is -2.24. The Kier molecular flexibility index (Phi) is 8.26. The minimum Gasteiger partial charge on any atom is -0.344 e. The fraction of sp³-hybridized carbons (Fsp3) is 0.265. The molecule has 0 saturated carbocycles. The topological polar surface area (TPSA) is 86.8 Å². The smallest absolute Gasteiger partial charge is 0.324 e. The summed E-state index contributed by atoms with van der Waals surface area (Å²) in [5.41, 5.74) is 4.75. The summed E-state index contributed by atoms with van der Waals surface area (Å²) >= 11 is 0. The Hall–Kier alpha value is -4.53. The van der Waals surface area contributed by atoms with Crippen LogP contribution in [0.2, 0.25) is 0 Å². The van der Waals surface area contributed by atoms with Crippen molar-refractivity contribution in [2.75, 3.05) is 23.7 Å². The van der Waals surface area contributed by atoms with E-state index in [1.807, 2.05) is 79.7 Å². The lowest BCUT2D eigenvalue weighted by atomic mass is 9.99. The zero-order chi connectivity index (χ0) is 28.9. The highest BCUT2D eigenvalue weighted by Gasteiger charge is 2.41. The summed E-state index contributed by atoms with van der Waals surface area (Å²) in [7, 11) is 0. The van der Waals surface area contributed by atoms with Crippen LogP contribution in [0.4, 0.5) is 16.3 Å². The Morgan fingerprint density at radius 3 is 2.48 bits per heavy atom. The van der Waals surface area contributed by atoms with Crippen molar-refractivity contribution >= 4 is 23.9 Å². The van der Waals surface area contributed by atoms with E-state index in [-0.39, 0.29) is 12.1 Å². The van der Waals surface area contributed by atoms with Crippen molar-refractivity contribution in [3.8, 4) is 0 Å². The number of para-hydroxylation sites is 1. The second kappa shape index (κ2) is 12.5. The lowest BCUT2D eigenvalue weighted by molar-refractivity contribution is -0.124. The molecule has 42 heavy (non-hydrogen) atoms. The van der Waals surface area contributed by atoms with E-state index in [2.05, 4.69) is 44.8 Å². The molecule has 3 heterocycles. The molecule has 2 aliphatic heterocycles. The van der Waals surface area contributed by atoms with Crippen LogP contribution in [0, 0.1) is 0 Å². The van der Waals surface area contributed by atoms with Crippen LogP contribution in [0.3, 0.4) is 0 Å². The highest BCUT2D eigenvalue weighted by atomic mass is 16.5. The number of nitrogens with one attached hydrogen (secondary N) is 2. The van der Waals surface area contributed by atoms with Gasteiger partial charge in [0.15, 0.2) is 6.23 Å². The van der Waals surface area contributed by atoms with E-state index in [1.165, 1.54) is 5.56 Å². The zero-order valence-corrected chi connectivity index (χ0v) is 23.6. The number of nitrogens with zero attached hydrogens (tertiary/aromatic N) is 3. The van der Waals surface area contributed by atoms with Crippen molar-refractivity contribution in [1.82, 2.24) is 14.8 Å². The maximum absolute atomic E-state index is 13.1. The number of ether oxygens (including phenoxy) is 1. The van der Waals surface area contributed by atoms with Gasteiger partial charge >= 0.3 is 6.03 Å². The Morgan fingerprint density at radius 2 is 1.69 bits per heavy atom. The molecule has 214 valence electrons. The maximum atomic E-state index is 13.1. The number of aromatic nitrogens is 1. The Morgan fingerprint density at radius 1 is 0.952 bits per heavy atom. The minimum atomic E-state index is -0.637. The van der Waals surface area contributed by atoms with Gasteiger partial charge in [0.25, 0.3) is 0 Å². The molecule has 2 unspecified atom stereocenters. The van der Waals surface area contributed by atoms with E-state index in [4.69, 9.17) is 4.74 Å². The van der Waals surface area contributed by atoms with Gasteiger partial charge in [-0.1, -0.05) is 78.9 Å². The number of pyridine rings is 1. The molecular weight excluding hydrogens is 526 g/mol. The van der Waals surface area contributed by atoms with Gasteiger partial charge in [-0.05, 0) is 60.7 Å². The zero-order valence-electron chi connectivity index (χ0n) is 23.6. The Balaban J connectivity index is 1.12. The van der Waals surface area contributed by atoms with Gasteiger partial charge in [0, 0.05) is 24.8 Å². The quantitative estimate of drug-likeness (QED) is 0.246. The predicted molar refractivity (Wildman–Crippen MR) is 163 cm³/mol. The summed E-state index contributed by atoms with van der Waals surface area (Å²) in [6.07, 6.45) is 2.70. The van der Waals surface area contributed by atoms with Gasteiger partial charge in [0.05, 0.1) is 11.7 Å². The second-order valence-corrected chi connectivity index (χ2v) is 11.0. The largest absolute Gasteiger partial charge is 0.344 e. The molecule has 4 aromatic rings. The number of carbonyl (C=O) groups is 2. The van der Waals surface area contributed by atoms with Gasteiger partial charge in [-0.15, -0.1) is 0 Å². The second-order valence-electron chi connectivity index (χ2n) is 11.0. The van der Waals surface area contributed by atoms with Crippen LogP contribution >= 0.6 is 0 Å². The average Bonchev–Trinajstić information content (AvgIpc) is 3.62.